The Morgan fingerprint density at radius 3 is 2.84 bits per heavy atom. The van der Waals surface area contributed by atoms with E-state index in [9.17, 15) is 9.59 Å². The molecular weight excluding hydrogens is 248 g/mol. The predicted octanol–water partition coefficient (Wildman–Crippen LogP) is 1.22. The smallest absolute Gasteiger partial charge is 0.303 e. The molecule has 6 heteroatoms. The van der Waals surface area contributed by atoms with Crippen LogP contribution in [0.15, 0.2) is 24.5 Å². The van der Waals surface area contributed by atoms with Gasteiger partial charge in [0.1, 0.15) is 5.75 Å². The Hall–Kier alpha value is -2.11. The van der Waals surface area contributed by atoms with E-state index in [1.165, 1.54) is 0 Å². The van der Waals surface area contributed by atoms with Crippen LogP contribution in [0.25, 0.3) is 0 Å². The van der Waals surface area contributed by atoms with Gasteiger partial charge in [0.2, 0.25) is 5.91 Å². The van der Waals surface area contributed by atoms with Crippen LogP contribution in [0.1, 0.15) is 25.7 Å². The van der Waals surface area contributed by atoms with Crippen molar-refractivity contribution >= 4 is 11.9 Å². The first-order valence-electron chi connectivity index (χ1n) is 6.20. The number of amides is 1. The molecule has 0 saturated carbocycles. The van der Waals surface area contributed by atoms with E-state index in [0.717, 1.165) is 0 Å². The molecule has 1 rings (SSSR count). The van der Waals surface area contributed by atoms with Gasteiger partial charge in [0.25, 0.3) is 0 Å². The fraction of sp³-hybridized carbons (Fsp3) is 0.462. The zero-order chi connectivity index (χ0) is 13.9. The summed E-state index contributed by atoms with van der Waals surface area (Å²) in [7, 11) is 0. The monoisotopic (exact) mass is 266 g/mol. The van der Waals surface area contributed by atoms with Crippen molar-refractivity contribution in [3.05, 3.63) is 24.5 Å². The molecule has 0 aliphatic heterocycles. The molecule has 6 nitrogen and oxygen atoms in total. The summed E-state index contributed by atoms with van der Waals surface area (Å²) >= 11 is 0. The number of nitrogens with zero attached hydrogens (tertiary/aromatic N) is 1. The number of ether oxygens (including phenoxy) is 1. The minimum Gasteiger partial charge on any atom is -0.492 e. The second kappa shape index (κ2) is 8.91. The fourth-order valence-electron chi connectivity index (χ4n) is 1.41. The maximum absolute atomic E-state index is 11.4. The normalized spacial score (nSPS) is 9.89. The maximum Gasteiger partial charge on any atom is 0.303 e. The molecule has 0 bridgehead atoms. The molecule has 1 aromatic heterocycles. The first-order valence-corrected chi connectivity index (χ1v) is 6.20. The summed E-state index contributed by atoms with van der Waals surface area (Å²) < 4.78 is 5.39. The van der Waals surface area contributed by atoms with Gasteiger partial charge in [-0.1, -0.05) is 0 Å². The third-order valence-electron chi connectivity index (χ3n) is 2.34. The van der Waals surface area contributed by atoms with Crippen molar-refractivity contribution < 1.29 is 19.4 Å². The maximum atomic E-state index is 11.4. The van der Waals surface area contributed by atoms with E-state index in [4.69, 9.17) is 9.84 Å². The summed E-state index contributed by atoms with van der Waals surface area (Å²) in [5, 5.41) is 11.1. The highest BCUT2D eigenvalue weighted by atomic mass is 16.5. The molecule has 0 atom stereocenters. The first-order chi connectivity index (χ1) is 9.18. The molecule has 0 aliphatic rings. The van der Waals surface area contributed by atoms with Crippen LogP contribution < -0.4 is 10.1 Å². The van der Waals surface area contributed by atoms with E-state index >= 15 is 0 Å². The standard InChI is InChI=1S/C13H18N2O4/c16-12(15-8-2-6-13(17)18)5-3-9-19-11-4-1-7-14-10-11/h1,4,7,10H,2-3,5-6,8-9H2,(H,15,16)(H,17,18). The Morgan fingerprint density at radius 2 is 2.16 bits per heavy atom. The van der Waals surface area contributed by atoms with Crippen LogP contribution in [0, 0.1) is 0 Å². The lowest BCUT2D eigenvalue weighted by atomic mass is 10.3. The van der Waals surface area contributed by atoms with Gasteiger partial charge in [0.15, 0.2) is 0 Å². The molecule has 0 unspecified atom stereocenters. The van der Waals surface area contributed by atoms with Crippen molar-refractivity contribution in [3.63, 3.8) is 0 Å². The second-order valence-electron chi connectivity index (χ2n) is 3.99. The molecule has 0 aromatic carbocycles. The third-order valence-corrected chi connectivity index (χ3v) is 2.34. The summed E-state index contributed by atoms with van der Waals surface area (Å²) in [6.45, 7) is 0.850. The molecule has 1 aromatic rings. The van der Waals surface area contributed by atoms with Gasteiger partial charge in [0, 0.05) is 25.6 Å². The number of aromatic nitrogens is 1. The summed E-state index contributed by atoms with van der Waals surface area (Å²) in [5.41, 5.74) is 0. The summed E-state index contributed by atoms with van der Waals surface area (Å²) in [6.07, 6.45) is 4.79. The summed E-state index contributed by atoms with van der Waals surface area (Å²) in [6, 6.07) is 3.59. The van der Waals surface area contributed by atoms with Gasteiger partial charge in [-0.3, -0.25) is 14.6 Å². The minimum atomic E-state index is -0.848. The van der Waals surface area contributed by atoms with Gasteiger partial charge in [-0.15, -0.1) is 0 Å². The van der Waals surface area contributed by atoms with Crippen molar-refractivity contribution in [1.82, 2.24) is 10.3 Å². The molecule has 0 aliphatic carbocycles. The SMILES string of the molecule is O=C(O)CCCNC(=O)CCCOc1cccnc1. The lowest BCUT2D eigenvalue weighted by Crippen LogP contribution is -2.25. The van der Waals surface area contributed by atoms with Crippen LogP contribution in [0.4, 0.5) is 0 Å². The minimum absolute atomic E-state index is 0.0738. The highest BCUT2D eigenvalue weighted by molar-refractivity contribution is 5.75. The van der Waals surface area contributed by atoms with E-state index in [0.29, 0.717) is 38.2 Å². The molecule has 0 fully saturated rings. The second-order valence-corrected chi connectivity index (χ2v) is 3.99. The molecule has 0 radical (unpaired) electrons. The molecule has 1 amide bonds. The zero-order valence-corrected chi connectivity index (χ0v) is 10.7. The number of carboxylic acid groups (broad SMARTS) is 1. The van der Waals surface area contributed by atoms with E-state index < -0.39 is 5.97 Å². The first kappa shape index (κ1) is 14.9. The number of rotatable bonds is 9. The van der Waals surface area contributed by atoms with E-state index in [1.54, 1.807) is 24.5 Å². The molecule has 2 N–H and O–H groups in total. The number of aliphatic carboxylic acids is 1. The topological polar surface area (TPSA) is 88.5 Å². The third kappa shape index (κ3) is 7.75. The van der Waals surface area contributed by atoms with Gasteiger partial charge in [-0.05, 0) is 25.0 Å². The van der Waals surface area contributed by atoms with Crippen molar-refractivity contribution in [1.29, 1.82) is 0 Å². The Labute approximate surface area is 111 Å². The molecule has 0 saturated heterocycles. The van der Waals surface area contributed by atoms with E-state index in [-0.39, 0.29) is 12.3 Å². The highest BCUT2D eigenvalue weighted by Crippen LogP contribution is 2.06. The molecule has 19 heavy (non-hydrogen) atoms. The van der Waals surface area contributed by atoms with Crippen molar-refractivity contribution in [2.24, 2.45) is 0 Å². The van der Waals surface area contributed by atoms with Gasteiger partial charge in [-0.2, -0.15) is 0 Å². The van der Waals surface area contributed by atoms with Crippen molar-refractivity contribution in [2.45, 2.75) is 25.7 Å². The average Bonchev–Trinajstić information content (AvgIpc) is 2.41. The van der Waals surface area contributed by atoms with Crippen LogP contribution in [0.3, 0.4) is 0 Å². The number of nitrogens with one attached hydrogen (secondary N) is 1. The number of hydrogen-bond donors (Lipinski definition) is 2. The van der Waals surface area contributed by atoms with Gasteiger partial charge < -0.3 is 15.2 Å². The largest absolute Gasteiger partial charge is 0.492 e. The van der Waals surface area contributed by atoms with Crippen LogP contribution in [-0.2, 0) is 9.59 Å². The van der Waals surface area contributed by atoms with E-state index in [1.807, 2.05) is 0 Å². The number of carbonyl (C=O) groups excluding carboxylic acids is 1. The van der Waals surface area contributed by atoms with Crippen molar-refractivity contribution in [2.75, 3.05) is 13.2 Å². The Morgan fingerprint density at radius 1 is 1.32 bits per heavy atom. The molecule has 104 valence electrons. The predicted molar refractivity (Wildman–Crippen MR) is 68.8 cm³/mol. The highest BCUT2D eigenvalue weighted by Gasteiger charge is 2.02. The Balaban J connectivity index is 2.00. The van der Waals surface area contributed by atoms with Crippen LogP contribution in [0.2, 0.25) is 0 Å². The lowest BCUT2D eigenvalue weighted by Gasteiger charge is -2.06. The van der Waals surface area contributed by atoms with Gasteiger partial charge in [0.05, 0.1) is 12.8 Å². The van der Waals surface area contributed by atoms with E-state index in [2.05, 4.69) is 10.3 Å². The lowest BCUT2D eigenvalue weighted by molar-refractivity contribution is -0.137. The van der Waals surface area contributed by atoms with Gasteiger partial charge >= 0.3 is 5.97 Å². The fourth-order valence-corrected chi connectivity index (χ4v) is 1.41. The summed E-state index contributed by atoms with van der Waals surface area (Å²) in [5.74, 6) is -0.247. The van der Waals surface area contributed by atoms with Crippen LogP contribution in [0.5, 0.6) is 5.75 Å². The average molecular weight is 266 g/mol. The van der Waals surface area contributed by atoms with Crippen LogP contribution >= 0.6 is 0 Å². The van der Waals surface area contributed by atoms with Crippen molar-refractivity contribution in [3.8, 4) is 5.75 Å². The zero-order valence-electron chi connectivity index (χ0n) is 10.7. The summed E-state index contributed by atoms with van der Waals surface area (Å²) in [4.78, 5) is 25.5. The number of hydrogen-bond acceptors (Lipinski definition) is 4. The number of carbonyl (C=O) groups is 2. The molecule has 0 spiro atoms. The number of pyridine rings is 1. The molecule has 1 heterocycles. The van der Waals surface area contributed by atoms with Gasteiger partial charge in [-0.25, -0.2) is 0 Å². The van der Waals surface area contributed by atoms with Crippen LogP contribution in [-0.4, -0.2) is 35.1 Å². The Kier molecular flexibility index (Phi) is 7.01. The Bertz CT molecular complexity index is 395. The number of carboxylic acids is 1. The molecular formula is C13H18N2O4. The quantitative estimate of drug-likeness (QED) is 0.656.